The first-order valence-corrected chi connectivity index (χ1v) is 6.43. The van der Waals surface area contributed by atoms with Crippen molar-refractivity contribution >= 4 is 11.6 Å². The summed E-state index contributed by atoms with van der Waals surface area (Å²) in [6.45, 7) is 3.15. The van der Waals surface area contributed by atoms with Crippen LogP contribution in [0, 0.1) is 18.2 Å². The molecule has 104 valence electrons. The minimum absolute atomic E-state index is 0.104. The predicted octanol–water partition coefficient (Wildman–Crippen LogP) is 1.83. The number of carbonyl (C=O) groups excluding carboxylic acids is 1. The Hall–Kier alpha value is -1.46. The number of ether oxygens (including phenoxy) is 1. The van der Waals surface area contributed by atoms with Crippen LogP contribution in [0.3, 0.4) is 0 Å². The van der Waals surface area contributed by atoms with Crippen molar-refractivity contribution in [3.05, 3.63) is 29.6 Å². The second-order valence-corrected chi connectivity index (χ2v) is 5.01. The van der Waals surface area contributed by atoms with Crippen LogP contribution in [0.25, 0.3) is 0 Å². The Bertz CT molecular complexity index is 471. The summed E-state index contributed by atoms with van der Waals surface area (Å²) in [6.07, 6.45) is 1.24. The van der Waals surface area contributed by atoms with Crippen LogP contribution in [0.4, 0.5) is 10.1 Å². The number of rotatable bonds is 3. The lowest BCUT2D eigenvalue weighted by Gasteiger charge is -2.34. The lowest BCUT2D eigenvalue weighted by atomic mass is 9.79. The van der Waals surface area contributed by atoms with Crippen molar-refractivity contribution in [2.75, 3.05) is 25.1 Å². The van der Waals surface area contributed by atoms with E-state index < -0.39 is 5.41 Å². The fourth-order valence-corrected chi connectivity index (χ4v) is 2.31. The van der Waals surface area contributed by atoms with Gasteiger partial charge in [-0.25, -0.2) is 4.39 Å². The first kappa shape index (κ1) is 14.0. The van der Waals surface area contributed by atoms with Gasteiger partial charge in [-0.1, -0.05) is 0 Å². The third-order valence-corrected chi connectivity index (χ3v) is 3.76. The molecule has 0 bridgehead atoms. The highest BCUT2D eigenvalue weighted by molar-refractivity contribution is 5.96. The van der Waals surface area contributed by atoms with Crippen molar-refractivity contribution < 1.29 is 13.9 Å². The zero-order valence-electron chi connectivity index (χ0n) is 11.0. The smallest absolute Gasteiger partial charge is 0.232 e. The largest absolute Gasteiger partial charge is 0.381 e. The van der Waals surface area contributed by atoms with E-state index in [4.69, 9.17) is 10.5 Å². The van der Waals surface area contributed by atoms with Gasteiger partial charge >= 0.3 is 0 Å². The van der Waals surface area contributed by atoms with Gasteiger partial charge in [0.25, 0.3) is 0 Å². The van der Waals surface area contributed by atoms with Crippen molar-refractivity contribution in [3.63, 3.8) is 0 Å². The quantitative estimate of drug-likeness (QED) is 0.877. The Labute approximate surface area is 112 Å². The van der Waals surface area contributed by atoms with Crippen molar-refractivity contribution in [3.8, 4) is 0 Å². The van der Waals surface area contributed by atoms with Crippen LogP contribution in [0.1, 0.15) is 18.4 Å². The van der Waals surface area contributed by atoms with Crippen LogP contribution in [0.2, 0.25) is 0 Å². The van der Waals surface area contributed by atoms with E-state index in [1.54, 1.807) is 13.0 Å². The first-order valence-electron chi connectivity index (χ1n) is 6.43. The molecule has 0 saturated carbocycles. The van der Waals surface area contributed by atoms with Crippen LogP contribution >= 0.6 is 0 Å². The number of hydrogen-bond donors (Lipinski definition) is 2. The minimum Gasteiger partial charge on any atom is -0.381 e. The van der Waals surface area contributed by atoms with E-state index in [9.17, 15) is 9.18 Å². The van der Waals surface area contributed by atoms with Crippen molar-refractivity contribution in [1.29, 1.82) is 0 Å². The highest BCUT2D eigenvalue weighted by atomic mass is 19.1. The fourth-order valence-electron chi connectivity index (χ4n) is 2.31. The van der Waals surface area contributed by atoms with E-state index in [0.29, 0.717) is 43.9 Å². The lowest BCUT2D eigenvalue weighted by Crippen LogP contribution is -2.46. The molecule has 1 aliphatic rings. The average Bonchev–Trinajstić information content (AvgIpc) is 2.42. The molecule has 0 aliphatic carbocycles. The second kappa shape index (κ2) is 5.67. The zero-order chi connectivity index (χ0) is 13.9. The first-order chi connectivity index (χ1) is 9.07. The van der Waals surface area contributed by atoms with E-state index in [0.717, 1.165) is 0 Å². The summed E-state index contributed by atoms with van der Waals surface area (Å²) in [5.74, 6) is -0.414. The predicted molar refractivity (Wildman–Crippen MR) is 71.3 cm³/mol. The summed E-state index contributed by atoms with van der Waals surface area (Å²) in [4.78, 5) is 12.4. The molecule has 1 aliphatic heterocycles. The molecule has 5 heteroatoms. The second-order valence-electron chi connectivity index (χ2n) is 5.01. The molecule has 0 spiro atoms. The molecule has 1 aromatic rings. The third-order valence-electron chi connectivity index (χ3n) is 3.76. The van der Waals surface area contributed by atoms with Crippen LogP contribution in [0.5, 0.6) is 0 Å². The van der Waals surface area contributed by atoms with E-state index in [-0.39, 0.29) is 11.7 Å². The van der Waals surface area contributed by atoms with Gasteiger partial charge in [-0.2, -0.15) is 0 Å². The monoisotopic (exact) mass is 266 g/mol. The summed E-state index contributed by atoms with van der Waals surface area (Å²) in [7, 11) is 0. The number of benzene rings is 1. The topological polar surface area (TPSA) is 64.4 Å². The number of halogens is 1. The van der Waals surface area contributed by atoms with E-state index >= 15 is 0 Å². The van der Waals surface area contributed by atoms with Crippen LogP contribution in [-0.4, -0.2) is 25.7 Å². The molecule has 1 saturated heterocycles. The normalized spacial score (nSPS) is 18.1. The van der Waals surface area contributed by atoms with Crippen molar-refractivity contribution in [2.45, 2.75) is 19.8 Å². The SMILES string of the molecule is Cc1cc(F)ccc1NC(=O)C1(CN)CCOCC1. The summed E-state index contributed by atoms with van der Waals surface area (Å²) < 4.78 is 18.3. The number of nitrogens with two attached hydrogens (primary N) is 1. The third kappa shape index (κ3) is 2.93. The van der Waals surface area contributed by atoms with Gasteiger partial charge in [0.05, 0.1) is 5.41 Å². The molecule has 1 fully saturated rings. The van der Waals surface area contributed by atoms with Gasteiger partial charge in [-0.3, -0.25) is 4.79 Å². The lowest BCUT2D eigenvalue weighted by molar-refractivity contribution is -0.130. The van der Waals surface area contributed by atoms with Gasteiger partial charge in [-0.05, 0) is 43.5 Å². The molecule has 0 atom stereocenters. The molecule has 4 nitrogen and oxygen atoms in total. The fraction of sp³-hybridized carbons (Fsp3) is 0.500. The Morgan fingerprint density at radius 2 is 2.16 bits per heavy atom. The molecule has 0 radical (unpaired) electrons. The van der Waals surface area contributed by atoms with E-state index in [1.165, 1.54) is 12.1 Å². The Balaban J connectivity index is 2.15. The number of aryl methyl sites for hydroxylation is 1. The van der Waals surface area contributed by atoms with Gasteiger partial charge in [0.1, 0.15) is 5.82 Å². The maximum absolute atomic E-state index is 13.0. The Kier molecular flexibility index (Phi) is 4.17. The molecule has 0 aromatic heterocycles. The minimum atomic E-state index is -0.570. The summed E-state index contributed by atoms with van der Waals surface area (Å²) in [5.41, 5.74) is 6.54. The van der Waals surface area contributed by atoms with Gasteiger partial charge in [0.15, 0.2) is 0 Å². The Morgan fingerprint density at radius 1 is 1.47 bits per heavy atom. The Morgan fingerprint density at radius 3 is 2.74 bits per heavy atom. The molecule has 1 aromatic carbocycles. The van der Waals surface area contributed by atoms with E-state index in [2.05, 4.69) is 5.32 Å². The molecule has 1 amide bonds. The maximum Gasteiger partial charge on any atom is 0.232 e. The molecule has 1 heterocycles. The van der Waals surface area contributed by atoms with Gasteiger partial charge < -0.3 is 15.8 Å². The van der Waals surface area contributed by atoms with Gasteiger partial charge in [0.2, 0.25) is 5.91 Å². The molecule has 2 rings (SSSR count). The van der Waals surface area contributed by atoms with Crippen molar-refractivity contribution in [2.24, 2.45) is 11.1 Å². The summed E-state index contributed by atoms with van der Waals surface area (Å²) in [6, 6.07) is 4.31. The molecular weight excluding hydrogens is 247 g/mol. The number of nitrogens with one attached hydrogen (secondary N) is 1. The van der Waals surface area contributed by atoms with E-state index in [1.807, 2.05) is 0 Å². The molecule has 19 heavy (non-hydrogen) atoms. The van der Waals surface area contributed by atoms with Gasteiger partial charge in [0, 0.05) is 25.4 Å². The molecular formula is C14H19FN2O2. The highest BCUT2D eigenvalue weighted by Crippen LogP contribution is 2.31. The maximum atomic E-state index is 13.0. The van der Waals surface area contributed by atoms with Crippen molar-refractivity contribution in [1.82, 2.24) is 0 Å². The number of carbonyl (C=O) groups is 1. The van der Waals surface area contributed by atoms with Crippen LogP contribution in [-0.2, 0) is 9.53 Å². The van der Waals surface area contributed by atoms with Gasteiger partial charge in [-0.15, -0.1) is 0 Å². The molecule has 0 unspecified atom stereocenters. The van der Waals surface area contributed by atoms with Crippen LogP contribution in [0.15, 0.2) is 18.2 Å². The zero-order valence-corrected chi connectivity index (χ0v) is 11.0. The van der Waals surface area contributed by atoms with Crippen LogP contribution < -0.4 is 11.1 Å². The number of anilines is 1. The summed E-state index contributed by atoms with van der Waals surface area (Å²) >= 11 is 0. The average molecular weight is 266 g/mol. The number of hydrogen-bond acceptors (Lipinski definition) is 3. The number of amides is 1. The molecule has 3 N–H and O–H groups in total. The highest BCUT2D eigenvalue weighted by Gasteiger charge is 2.38. The summed E-state index contributed by atoms with van der Waals surface area (Å²) in [5, 5.41) is 2.86. The standard InChI is InChI=1S/C14H19FN2O2/c1-10-8-11(15)2-3-12(10)17-13(18)14(9-16)4-6-19-7-5-14/h2-3,8H,4-7,9,16H2,1H3,(H,17,18).